The van der Waals surface area contributed by atoms with Gasteiger partial charge >= 0.3 is 11.9 Å². The molecule has 4 heteroatoms. The maximum atomic E-state index is 11.5. The van der Waals surface area contributed by atoms with Crippen molar-refractivity contribution >= 4 is 11.9 Å². The van der Waals surface area contributed by atoms with Gasteiger partial charge in [0.2, 0.25) is 0 Å². The Morgan fingerprint density at radius 1 is 0.958 bits per heavy atom. The lowest BCUT2D eigenvalue weighted by molar-refractivity contribution is -0.159. The van der Waals surface area contributed by atoms with E-state index in [9.17, 15) is 14.7 Å². The fourth-order valence-corrected chi connectivity index (χ4v) is 5.35. The average Bonchev–Trinajstić information content (AvgIpc) is 3.25. The van der Waals surface area contributed by atoms with E-state index in [-0.39, 0.29) is 17.3 Å². The second-order valence-electron chi connectivity index (χ2n) is 8.94. The molecule has 4 aliphatic rings. The molecule has 0 aromatic heterocycles. The van der Waals surface area contributed by atoms with Gasteiger partial charge in [-0.05, 0) is 54.8 Å². The Morgan fingerprint density at radius 2 is 1.62 bits per heavy atom. The van der Waals surface area contributed by atoms with Crippen molar-refractivity contribution in [1.29, 1.82) is 0 Å². The molecule has 0 saturated heterocycles. The van der Waals surface area contributed by atoms with E-state index in [1.807, 2.05) is 0 Å². The van der Waals surface area contributed by atoms with E-state index in [4.69, 9.17) is 5.11 Å². The van der Waals surface area contributed by atoms with Crippen molar-refractivity contribution in [1.82, 2.24) is 0 Å². The number of hydrogen-bond acceptors (Lipinski definition) is 2. The summed E-state index contributed by atoms with van der Waals surface area (Å²) in [6.07, 6.45) is 12.4. The standard InChI is InChI=1S/C12H18O2.C8H10O2/c1-11(2,3)12(10(13)14)7-8-4-5-9(12)6-8;9-8(10)7-4-5-1-2-6(7)3-5/h4-5,8-9H,6-7H2,1-3H3,(H,13,14);1-2,5-7H,3-4H2,(H,9,10). The minimum absolute atomic E-state index is 0.0741. The Morgan fingerprint density at radius 3 is 1.88 bits per heavy atom. The predicted molar refractivity (Wildman–Crippen MR) is 91.4 cm³/mol. The largest absolute Gasteiger partial charge is 0.481 e. The van der Waals surface area contributed by atoms with E-state index in [2.05, 4.69) is 45.1 Å². The number of hydrogen-bond donors (Lipinski definition) is 2. The number of carboxylic acids is 2. The van der Waals surface area contributed by atoms with Crippen LogP contribution in [0.3, 0.4) is 0 Å². The molecule has 6 unspecified atom stereocenters. The van der Waals surface area contributed by atoms with E-state index in [0.717, 1.165) is 25.7 Å². The number of allylic oxidation sites excluding steroid dienone is 4. The highest BCUT2D eigenvalue weighted by molar-refractivity contribution is 5.77. The van der Waals surface area contributed by atoms with Gasteiger partial charge in [-0.3, -0.25) is 9.59 Å². The topological polar surface area (TPSA) is 74.6 Å². The summed E-state index contributed by atoms with van der Waals surface area (Å²) < 4.78 is 0. The highest BCUT2D eigenvalue weighted by atomic mass is 16.4. The fourth-order valence-electron chi connectivity index (χ4n) is 5.35. The van der Waals surface area contributed by atoms with Crippen LogP contribution in [-0.2, 0) is 9.59 Å². The van der Waals surface area contributed by atoms with Gasteiger partial charge in [0, 0.05) is 0 Å². The first-order valence-electron chi connectivity index (χ1n) is 8.98. The minimum Gasteiger partial charge on any atom is -0.481 e. The predicted octanol–water partition coefficient (Wildman–Crippen LogP) is 3.98. The molecule has 2 saturated carbocycles. The summed E-state index contributed by atoms with van der Waals surface area (Å²) >= 11 is 0. The van der Waals surface area contributed by atoms with E-state index < -0.39 is 17.4 Å². The minimum atomic E-state index is -0.614. The third-order valence-corrected chi connectivity index (χ3v) is 6.71. The summed E-state index contributed by atoms with van der Waals surface area (Å²) in [6.45, 7) is 6.15. The van der Waals surface area contributed by atoms with Crippen LogP contribution in [-0.4, -0.2) is 22.2 Å². The second-order valence-corrected chi connectivity index (χ2v) is 8.94. The van der Waals surface area contributed by atoms with Gasteiger partial charge in [0.1, 0.15) is 0 Å². The molecule has 2 fully saturated rings. The first-order valence-corrected chi connectivity index (χ1v) is 8.98. The van der Waals surface area contributed by atoms with E-state index in [0.29, 0.717) is 17.8 Å². The first kappa shape index (κ1) is 17.2. The Hall–Kier alpha value is -1.58. The van der Waals surface area contributed by atoms with Gasteiger partial charge in [0.15, 0.2) is 0 Å². The summed E-state index contributed by atoms with van der Waals surface area (Å²) in [6, 6.07) is 0. The fraction of sp³-hybridized carbons (Fsp3) is 0.700. The summed E-state index contributed by atoms with van der Waals surface area (Å²) in [7, 11) is 0. The Balaban J connectivity index is 0.000000149. The zero-order chi connectivity index (χ0) is 17.7. The molecule has 6 atom stereocenters. The molecule has 4 bridgehead atoms. The molecular formula is C20H28O4. The quantitative estimate of drug-likeness (QED) is 0.750. The van der Waals surface area contributed by atoms with Crippen LogP contribution >= 0.6 is 0 Å². The van der Waals surface area contributed by atoms with Crippen molar-refractivity contribution in [3.05, 3.63) is 24.3 Å². The molecule has 24 heavy (non-hydrogen) atoms. The lowest BCUT2D eigenvalue weighted by atomic mass is 9.60. The van der Waals surface area contributed by atoms with Gasteiger partial charge in [-0.1, -0.05) is 45.1 Å². The SMILES string of the molecule is CC(C)(C)C1(C(=O)O)CC2C=CC1C2.O=C(O)C1CC2C=CC1C2. The van der Waals surface area contributed by atoms with Gasteiger partial charge in [0.05, 0.1) is 11.3 Å². The molecule has 0 aliphatic heterocycles. The maximum absolute atomic E-state index is 11.5. The molecule has 4 aliphatic carbocycles. The second kappa shape index (κ2) is 5.75. The van der Waals surface area contributed by atoms with Crippen molar-refractivity contribution < 1.29 is 19.8 Å². The Bertz CT molecular complexity index is 597. The number of aliphatic carboxylic acids is 2. The van der Waals surface area contributed by atoms with E-state index in [1.54, 1.807) is 0 Å². The van der Waals surface area contributed by atoms with Crippen LogP contribution in [0.2, 0.25) is 0 Å². The van der Waals surface area contributed by atoms with Crippen molar-refractivity contribution in [3.8, 4) is 0 Å². The first-order chi connectivity index (χ1) is 11.1. The third-order valence-electron chi connectivity index (χ3n) is 6.71. The molecular weight excluding hydrogens is 304 g/mol. The average molecular weight is 332 g/mol. The van der Waals surface area contributed by atoms with Crippen LogP contribution in [0, 0.1) is 40.4 Å². The van der Waals surface area contributed by atoms with Gasteiger partial charge in [0.25, 0.3) is 0 Å². The van der Waals surface area contributed by atoms with Crippen molar-refractivity contribution in [3.63, 3.8) is 0 Å². The van der Waals surface area contributed by atoms with Crippen LogP contribution < -0.4 is 0 Å². The lowest BCUT2D eigenvalue weighted by Crippen LogP contribution is -2.46. The molecule has 0 amide bonds. The molecule has 0 aromatic carbocycles. The summed E-state index contributed by atoms with van der Waals surface area (Å²) in [5.41, 5.74) is -0.671. The molecule has 4 nitrogen and oxygen atoms in total. The zero-order valence-corrected chi connectivity index (χ0v) is 14.7. The Labute approximate surface area is 143 Å². The third kappa shape index (κ3) is 2.60. The summed E-state index contributed by atoms with van der Waals surface area (Å²) in [5.74, 6) is 0.391. The summed E-state index contributed by atoms with van der Waals surface area (Å²) in [5, 5.41) is 18.2. The molecule has 0 heterocycles. The molecule has 2 N–H and O–H groups in total. The number of fused-ring (bicyclic) bond motifs is 4. The molecule has 0 aromatic rings. The zero-order valence-electron chi connectivity index (χ0n) is 14.7. The molecule has 0 radical (unpaired) electrons. The van der Waals surface area contributed by atoms with E-state index >= 15 is 0 Å². The normalized spacial score (nSPS) is 41.4. The van der Waals surface area contributed by atoms with Gasteiger partial charge in [-0.2, -0.15) is 0 Å². The number of carboxylic acid groups (broad SMARTS) is 2. The lowest BCUT2D eigenvalue weighted by Gasteiger charge is -2.42. The molecule has 4 rings (SSSR count). The highest BCUT2D eigenvalue weighted by Crippen LogP contribution is 2.60. The Kier molecular flexibility index (Phi) is 4.13. The van der Waals surface area contributed by atoms with Crippen molar-refractivity contribution in [2.45, 2.75) is 46.5 Å². The van der Waals surface area contributed by atoms with Crippen LogP contribution in [0.5, 0.6) is 0 Å². The summed E-state index contributed by atoms with van der Waals surface area (Å²) in [4.78, 5) is 22.1. The van der Waals surface area contributed by atoms with Crippen LogP contribution in [0.4, 0.5) is 0 Å². The van der Waals surface area contributed by atoms with Crippen LogP contribution in [0.25, 0.3) is 0 Å². The monoisotopic (exact) mass is 332 g/mol. The van der Waals surface area contributed by atoms with Crippen molar-refractivity contribution in [2.24, 2.45) is 40.4 Å². The molecule has 132 valence electrons. The van der Waals surface area contributed by atoms with E-state index in [1.165, 1.54) is 0 Å². The number of rotatable bonds is 2. The van der Waals surface area contributed by atoms with Crippen molar-refractivity contribution in [2.75, 3.05) is 0 Å². The highest BCUT2D eigenvalue weighted by Gasteiger charge is 2.59. The van der Waals surface area contributed by atoms with Gasteiger partial charge in [-0.25, -0.2) is 0 Å². The van der Waals surface area contributed by atoms with Gasteiger partial charge < -0.3 is 10.2 Å². The van der Waals surface area contributed by atoms with Crippen LogP contribution in [0.1, 0.15) is 46.5 Å². The van der Waals surface area contributed by atoms with Crippen LogP contribution in [0.15, 0.2) is 24.3 Å². The smallest absolute Gasteiger partial charge is 0.310 e. The van der Waals surface area contributed by atoms with Gasteiger partial charge in [-0.15, -0.1) is 0 Å². The number of carbonyl (C=O) groups is 2. The molecule has 0 spiro atoms. The maximum Gasteiger partial charge on any atom is 0.310 e.